The fourth-order valence-electron chi connectivity index (χ4n) is 2.81. The summed E-state index contributed by atoms with van der Waals surface area (Å²) in [6, 6.07) is 20.1. The van der Waals surface area contributed by atoms with Crippen LogP contribution in [0.1, 0.15) is 0 Å². The summed E-state index contributed by atoms with van der Waals surface area (Å²) in [6.07, 6.45) is 0. The molecule has 4 aromatic rings. The zero-order chi connectivity index (χ0) is 22.0. The number of ether oxygens (including phenoxy) is 1. The minimum absolute atomic E-state index is 0.0121. The SMILES string of the molecule is COc1ccc(Nc2oc(-c3ccc(Br)cc3)nc2S(=O)(=O)c2ccc(Cl)cc2)cc1. The Morgan fingerprint density at radius 3 is 2.23 bits per heavy atom. The zero-order valence-corrected chi connectivity index (χ0v) is 19.3. The van der Waals surface area contributed by atoms with Crippen molar-refractivity contribution in [3.05, 3.63) is 82.3 Å². The zero-order valence-electron chi connectivity index (χ0n) is 16.2. The molecule has 0 aliphatic heterocycles. The van der Waals surface area contributed by atoms with Crippen molar-refractivity contribution in [3.8, 4) is 17.2 Å². The second kappa shape index (κ2) is 8.74. The number of nitrogens with one attached hydrogen (secondary N) is 1. The Morgan fingerprint density at radius 1 is 0.968 bits per heavy atom. The number of hydrogen-bond donors (Lipinski definition) is 1. The molecule has 0 atom stereocenters. The van der Waals surface area contributed by atoms with Crippen LogP contribution >= 0.6 is 27.5 Å². The molecule has 4 rings (SSSR count). The van der Waals surface area contributed by atoms with Crippen molar-refractivity contribution in [1.29, 1.82) is 0 Å². The van der Waals surface area contributed by atoms with Crippen LogP contribution in [-0.4, -0.2) is 20.5 Å². The van der Waals surface area contributed by atoms with E-state index < -0.39 is 9.84 Å². The van der Waals surface area contributed by atoms with Gasteiger partial charge < -0.3 is 14.5 Å². The van der Waals surface area contributed by atoms with Crippen LogP contribution in [0.5, 0.6) is 5.75 Å². The summed E-state index contributed by atoms with van der Waals surface area (Å²) in [7, 11) is -2.40. The van der Waals surface area contributed by atoms with E-state index in [1.54, 1.807) is 43.5 Å². The molecule has 1 heterocycles. The molecule has 3 aromatic carbocycles. The number of nitrogens with zero attached hydrogens (tertiary/aromatic N) is 1. The van der Waals surface area contributed by atoms with E-state index in [1.165, 1.54) is 24.3 Å². The number of halogens is 2. The first-order valence-electron chi connectivity index (χ1n) is 9.05. The van der Waals surface area contributed by atoms with E-state index in [1.807, 2.05) is 12.1 Å². The van der Waals surface area contributed by atoms with Crippen LogP contribution in [0.25, 0.3) is 11.5 Å². The van der Waals surface area contributed by atoms with E-state index in [-0.39, 0.29) is 21.7 Å². The fraction of sp³-hybridized carbons (Fsp3) is 0.0455. The third kappa shape index (κ3) is 4.61. The summed E-state index contributed by atoms with van der Waals surface area (Å²) in [5.41, 5.74) is 1.25. The normalized spacial score (nSPS) is 11.3. The second-order valence-electron chi connectivity index (χ2n) is 6.47. The summed E-state index contributed by atoms with van der Waals surface area (Å²) in [6.45, 7) is 0. The lowest BCUT2D eigenvalue weighted by Crippen LogP contribution is -2.05. The van der Waals surface area contributed by atoms with Crippen LogP contribution in [0.2, 0.25) is 5.02 Å². The first kappa shape index (κ1) is 21.4. The highest BCUT2D eigenvalue weighted by Gasteiger charge is 2.28. The molecule has 1 aromatic heterocycles. The molecule has 158 valence electrons. The predicted octanol–water partition coefficient (Wildman–Crippen LogP) is 6.34. The van der Waals surface area contributed by atoms with E-state index in [4.69, 9.17) is 20.8 Å². The van der Waals surface area contributed by atoms with E-state index in [0.29, 0.717) is 22.0 Å². The van der Waals surface area contributed by atoms with Crippen LogP contribution in [-0.2, 0) is 9.84 Å². The average molecular weight is 520 g/mol. The van der Waals surface area contributed by atoms with E-state index in [2.05, 4.69) is 26.2 Å². The molecule has 0 amide bonds. The van der Waals surface area contributed by atoms with Gasteiger partial charge in [-0.15, -0.1) is 0 Å². The first-order chi connectivity index (χ1) is 14.9. The quantitative estimate of drug-likeness (QED) is 0.320. The van der Waals surface area contributed by atoms with Crippen LogP contribution in [0.4, 0.5) is 11.6 Å². The molecule has 0 aliphatic rings. The number of hydrogen-bond acceptors (Lipinski definition) is 6. The summed E-state index contributed by atoms with van der Waals surface area (Å²) in [4.78, 5) is 4.38. The van der Waals surface area contributed by atoms with Gasteiger partial charge in [0.05, 0.1) is 12.0 Å². The topological polar surface area (TPSA) is 81.4 Å². The molecular weight excluding hydrogens is 504 g/mol. The molecule has 1 N–H and O–H groups in total. The van der Waals surface area contributed by atoms with Crippen molar-refractivity contribution in [3.63, 3.8) is 0 Å². The van der Waals surface area contributed by atoms with Crippen molar-refractivity contribution < 1.29 is 17.6 Å². The summed E-state index contributed by atoms with van der Waals surface area (Å²) in [5.74, 6) is 0.863. The monoisotopic (exact) mass is 518 g/mol. The minimum Gasteiger partial charge on any atom is -0.497 e. The molecular formula is C22H16BrClN2O4S. The lowest BCUT2D eigenvalue weighted by Gasteiger charge is -2.07. The van der Waals surface area contributed by atoms with Gasteiger partial charge in [0.25, 0.3) is 0 Å². The van der Waals surface area contributed by atoms with Gasteiger partial charge in [0.1, 0.15) is 5.75 Å². The Morgan fingerprint density at radius 2 is 1.61 bits per heavy atom. The Balaban J connectivity index is 1.81. The van der Waals surface area contributed by atoms with Crippen LogP contribution < -0.4 is 10.1 Å². The van der Waals surface area contributed by atoms with Crippen LogP contribution in [0, 0.1) is 0 Å². The lowest BCUT2D eigenvalue weighted by atomic mass is 10.2. The average Bonchev–Trinajstić information content (AvgIpc) is 3.20. The molecule has 0 radical (unpaired) electrons. The van der Waals surface area contributed by atoms with Gasteiger partial charge in [0.2, 0.25) is 26.6 Å². The van der Waals surface area contributed by atoms with Gasteiger partial charge in [-0.2, -0.15) is 4.98 Å². The minimum atomic E-state index is -3.97. The van der Waals surface area contributed by atoms with E-state index in [9.17, 15) is 8.42 Å². The van der Waals surface area contributed by atoms with Crippen molar-refractivity contribution in [1.82, 2.24) is 4.98 Å². The Hall–Kier alpha value is -2.81. The van der Waals surface area contributed by atoms with Gasteiger partial charge in [-0.3, -0.25) is 0 Å². The summed E-state index contributed by atoms with van der Waals surface area (Å²) >= 11 is 9.29. The summed E-state index contributed by atoms with van der Waals surface area (Å²) < 4.78 is 38.5. The highest BCUT2D eigenvalue weighted by Crippen LogP contribution is 2.35. The largest absolute Gasteiger partial charge is 0.497 e. The number of oxazole rings is 1. The molecule has 31 heavy (non-hydrogen) atoms. The van der Waals surface area contributed by atoms with Gasteiger partial charge in [-0.25, -0.2) is 8.42 Å². The van der Waals surface area contributed by atoms with Crippen molar-refractivity contribution in [2.24, 2.45) is 0 Å². The number of anilines is 2. The van der Waals surface area contributed by atoms with Crippen LogP contribution in [0.3, 0.4) is 0 Å². The van der Waals surface area contributed by atoms with Gasteiger partial charge in [-0.05, 0) is 72.8 Å². The maximum Gasteiger partial charge on any atom is 0.238 e. The van der Waals surface area contributed by atoms with Crippen molar-refractivity contribution in [2.75, 3.05) is 12.4 Å². The maximum absolute atomic E-state index is 13.3. The highest BCUT2D eigenvalue weighted by molar-refractivity contribution is 9.10. The molecule has 0 bridgehead atoms. The third-order valence-corrected chi connectivity index (χ3v) is 6.87. The molecule has 0 aliphatic carbocycles. The number of sulfone groups is 1. The molecule has 0 spiro atoms. The van der Waals surface area contributed by atoms with Gasteiger partial charge >= 0.3 is 0 Å². The lowest BCUT2D eigenvalue weighted by molar-refractivity contribution is 0.415. The Labute approximate surface area is 192 Å². The number of rotatable bonds is 6. The maximum atomic E-state index is 13.3. The Bertz CT molecular complexity index is 1300. The fourth-order valence-corrected chi connectivity index (χ4v) is 4.46. The Kier molecular flexibility index (Phi) is 6.04. The third-order valence-electron chi connectivity index (χ3n) is 4.41. The molecule has 6 nitrogen and oxygen atoms in total. The van der Waals surface area contributed by atoms with E-state index in [0.717, 1.165) is 4.47 Å². The van der Waals surface area contributed by atoms with Gasteiger partial charge in [0.15, 0.2) is 0 Å². The standard InChI is InChI=1S/C22H16BrClN2O4S/c1-29-18-10-8-17(9-11-18)25-21-22(31(27,28)19-12-6-16(24)7-13-19)26-20(30-21)14-2-4-15(23)5-3-14/h2-13,25H,1H3. The first-order valence-corrected chi connectivity index (χ1v) is 11.7. The van der Waals surface area contributed by atoms with E-state index >= 15 is 0 Å². The molecule has 0 saturated carbocycles. The number of benzene rings is 3. The molecule has 0 saturated heterocycles. The van der Waals surface area contributed by atoms with Crippen molar-refractivity contribution >= 4 is 48.9 Å². The smallest absolute Gasteiger partial charge is 0.238 e. The highest BCUT2D eigenvalue weighted by atomic mass is 79.9. The van der Waals surface area contributed by atoms with Crippen molar-refractivity contribution in [2.45, 2.75) is 9.92 Å². The van der Waals surface area contributed by atoms with Crippen LogP contribution in [0.15, 0.2) is 91.6 Å². The summed E-state index contributed by atoms with van der Waals surface area (Å²) in [5, 5.41) is 3.23. The predicted molar refractivity (Wildman–Crippen MR) is 123 cm³/mol. The molecule has 9 heteroatoms. The second-order valence-corrected chi connectivity index (χ2v) is 9.69. The van der Waals surface area contributed by atoms with Gasteiger partial charge in [-0.1, -0.05) is 27.5 Å². The number of methoxy groups -OCH3 is 1. The molecule has 0 fully saturated rings. The van der Waals surface area contributed by atoms with Gasteiger partial charge in [0, 0.05) is 20.7 Å². The number of aromatic nitrogens is 1. The molecule has 0 unspecified atom stereocenters.